The van der Waals surface area contributed by atoms with Crippen molar-refractivity contribution in [2.45, 2.75) is 25.5 Å². The minimum absolute atomic E-state index is 0.0347. The van der Waals surface area contributed by atoms with Crippen LogP contribution in [0.5, 0.6) is 0 Å². The van der Waals surface area contributed by atoms with Crippen LogP contribution in [0.3, 0.4) is 0 Å². The van der Waals surface area contributed by atoms with Crippen LogP contribution in [0.4, 0.5) is 0 Å². The van der Waals surface area contributed by atoms with Crippen LogP contribution in [-0.2, 0) is 14.6 Å². The predicted molar refractivity (Wildman–Crippen MR) is 42.0 cm³/mol. The van der Waals surface area contributed by atoms with Gasteiger partial charge in [-0.05, 0) is 6.92 Å². The van der Waals surface area contributed by atoms with Crippen molar-refractivity contribution in [3.05, 3.63) is 0 Å². The van der Waals surface area contributed by atoms with Crippen LogP contribution in [0.15, 0.2) is 0 Å². The molecule has 0 unspecified atom stereocenters. The van der Waals surface area contributed by atoms with Crippen molar-refractivity contribution >= 4 is 15.6 Å². The van der Waals surface area contributed by atoms with E-state index in [-0.39, 0.29) is 23.9 Å². The third-order valence-electron chi connectivity index (χ3n) is 2.13. The number of Topliss-reactive ketones (excluding diaryl/α,β-unsaturated/α-hetero) is 1. The van der Waals surface area contributed by atoms with Crippen molar-refractivity contribution in [2.75, 3.05) is 5.75 Å². The zero-order chi connectivity index (χ0) is 8.65. The van der Waals surface area contributed by atoms with Crippen LogP contribution in [0.25, 0.3) is 0 Å². The lowest BCUT2D eigenvalue weighted by molar-refractivity contribution is -0.122. The van der Waals surface area contributed by atoms with Gasteiger partial charge in [-0.25, -0.2) is 8.42 Å². The lowest BCUT2D eigenvalue weighted by atomic mass is 10.0. The Bertz CT molecular complexity index is 265. The summed E-state index contributed by atoms with van der Waals surface area (Å²) < 4.78 is 22.4. The molecule has 0 aromatic carbocycles. The van der Waals surface area contributed by atoms with E-state index in [2.05, 4.69) is 0 Å². The molecule has 0 aliphatic carbocycles. The van der Waals surface area contributed by atoms with E-state index >= 15 is 0 Å². The number of hydrogen-bond acceptors (Lipinski definition) is 3. The average molecular weight is 176 g/mol. The third kappa shape index (κ3) is 1.61. The second-order valence-corrected chi connectivity index (χ2v) is 5.68. The van der Waals surface area contributed by atoms with Gasteiger partial charge in [0.25, 0.3) is 0 Å². The molecule has 0 saturated carbocycles. The SMILES string of the molecule is C[C@H]1CS(=O)(=O)[C@@H](C)CC1=O. The zero-order valence-corrected chi connectivity index (χ0v) is 7.52. The second kappa shape index (κ2) is 2.59. The van der Waals surface area contributed by atoms with Crippen molar-refractivity contribution < 1.29 is 13.2 Å². The topological polar surface area (TPSA) is 51.2 Å². The van der Waals surface area contributed by atoms with Crippen molar-refractivity contribution in [3.63, 3.8) is 0 Å². The molecule has 1 fully saturated rings. The molecule has 2 atom stereocenters. The number of hydrogen-bond donors (Lipinski definition) is 0. The number of carbonyl (C=O) groups is 1. The summed E-state index contributed by atoms with van der Waals surface area (Å²) in [4.78, 5) is 11.0. The van der Waals surface area contributed by atoms with Crippen LogP contribution >= 0.6 is 0 Å². The van der Waals surface area contributed by atoms with Gasteiger partial charge in [0.15, 0.2) is 9.84 Å². The first kappa shape index (κ1) is 8.71. The summed E-state index contributed by atoms with van der Waals surface area (Å²) >= 11 is 0. The maximum atomic E-state index is 11.2. The Balaban J connectivity index is 2.88. The van der Waals surface area contributed by atoms with Crippen molar-refractivity contribution in [3.8, 4) is 0 Å². The monoisotopic (exact) mass is 176 g/mol. The molecule has 0 aromatic rings. The van der Waals surface area contributed by atoms with Crippen LogP contribution in [0.2, 0.25) is 0 Å². The van der Waals surface area contributed by atoms with Crippen molar-refractivity contribution in [1.29, 1.82) is 0 Å². The van der Waals surface area contributed by atoms with Gasteiger partial charge >= 0.3 is 0 Å². The number of ketones is 1. The quantitative estimate of drug-likeness (QED) is 0.536. The number of sulfone groups is 1. The van der Waals surface area contributed by atoms with Gasteiger partial charge in [0.05, 0.1) is 11.0 Å². The van der Waals surface area contributed by atoms with E-state index < -0.39 is 15.1 Å². The molecule has 1 rings (SSSR count). The highest BCUT2D eigenvalue weighted by Gasteiger charge is 2.34. The summed E-state index contributed by atoms with van der Waals surface area (Å²) in [5.41, 5.74) is 0. The van der Waals surface area contributed by atoms with Gasteiger partial charge in [0.1, 0.15) is 5.78 Å². The molecule has 0 N–H and O–H groups in total. The molecule has 4 heteroatoms. The van der Waals surface area contributed by atoms with Crippen LogP contribution in [0.1, 0.15) is 20.3 Å². The number of rotatable bonds is 0. The Morgan fingerprint density at radius 1 is 1.36 bits per heavy atom. The smallest absolute Gasteiger partial charge is 0.154 e. The molecule has 3 nitrogen and oxygen atoms in total. The average Bonchev–Trinajstić information content (AvgIpc) is 1.83. The molecule has 11 heavy (non-hydrogen) atoms. The normalized spacial score (nSPS) is 37.1. The fraction of sp³-hybridized carbons (Fsp3) is 0.857. The largest absolute Gasteiger partial charge is 0.299 e. The Morgan fingerprint density at radius 3 is 2.36 bits per heavy atom. The van der Waals surface area contributed by atoms with E-state index in [0.29, 0.717) is 0 Å². The molecule has 1 aliphatic rings. The van der Waals surface area contributed by atoms with Gasteiger partial charge < -0.3 is 0 Å². The molecule has 0 aromatic heterocycles. The van der Waals surface area contributed by atoms with E-state index in [9.17, 15) is 13.2 Å². The van der Waals surface area contributed by atoms with Crippen molar-refractivity contribution in [2.24, 2.45) is 5.92 Å². The van der Waals surface area contributed by atoms with E-state index in [0.717, 1.165) is 0 Å². The first-order chi connectivity index (χ1) is 4.93. The molecule has 0 amide bonds. The maximum absolute atomic E-state index is 11.2. The zero-order valence-electron chi connectivity index (χ0n) is 6.70. The van der Waals surface area contributed by atoms with Crippen LogP contribution < -0.4 is 0 Å². The third-order valence-corrected chi connectivity index (χ3v) is 4.49. The van der Waals surface area contributed by atoms with E-state index in [1.807, 2.05) is 0 Å². The Kier molecular flexibility index (Phi) is 2.05. The van der Waals surface area contributed by atoms with Gasteiger partial charge in [-0.2, -0.15) is 0 Å². The summed E-state index contributed by atoms with van der Waals surface area (Å²) in [6.45, 7) is 3.27. The van der Waals surface area contributed by atoms with Gasteiger partial charge in [-0.3, -0.25) is 4.79 Å². The first-order valence-corrected chi connectivity index (χ1v) is 5.39. The Hall–Kier alpha value is -0.380. The lowest BCUT2D eigenvalue weighted by Gasteiger charge is -2.22. The van der Waals surface area contributed by atoms with Crippen molar-refractivity contribution in [1.82, 2.24) is 0 Å². The fourth-order valence-corrected chi connectivity index (χ4v) is 2.85. The summed E-state index contributed by atoms with van der Waals surface area (Å²) in [5.74, 6) is -0.184. The molecular weight excluding hydrogens is 164 g/mol. The lowest BCUT2D eigenvalue weighted by Crippen LogP contribution is -2.36. The summed E-state index contributed by atoms with van der Waals surface area (Å²) in [7, 11) is -2.96. The van der Waals surface area contributed by atoms with E-state index in [4.69, 9.17) is 0 Å². The Labute approximate surface area is 66.7 Å². The molecule has 0 bridgehead atoms. The minimum atomic E-state index is -2.96. The second-order valence-electron chi connectivity index (χ2n) is 3.21. The maximum Gasteiger partial charge on any atom is 0.154 e. The van der Waals surface area contributed by atoms with Crippen LogP contribution in [0, 0.1) is 5.92 Å². The molecule has 1 saturated heterocycles. The van der Waals surface area contributed by atoms with Gasteiger partial charge in [0, 0.05) is 12.3 Å². The van der Waals surface area contributed by atoms with E-state index in [1.54, 1.807) is 13.8 Å². The van der Waals surface area contributed by atoms with Crippen LogP contribution in [-0.4, -0.2) is 25.2 Å². The first-order valence-electron chi connectivity index (χ1n) is 3.68. The molecule has 0 spiro atoms. The highest BCUT2D eigenvalue weighted by molar-refractivity contribution is 7.92. The molecular formula is C7H12O3S. The van der Waals surface area contributed by atoms with Gasteiger partial charge in [-0.15, -0.1) is 0 Å². The molecule has 0 radical (unpaired) electrons. The predicted octanol–water partition coefficient (Wildman–Crippen LogP) is 0.399. The molecule has 64 valence electrons. The van der Waals surface area contributed by atoms with E-state index in [1.165, 1.54) is 0 Å². The summed E-state index contributed by atoms with van der Waals surface area (Å²) in [5, 5.41) is -0.466. The highest BCUT2D eigenvalue weighted by atomic mass is 32.2. The molecule has 1 aliphatic heterocycles. The summed E-state index contributed by atoms with van der Waals surface area (Å²) in [6, 6.07) is 0. The fourth-order valence-electron chi connectivity index (χ4n) is 1.22. The Morgan fingerprint density at radius 2 is 1.91 bits per heavy atom. The van der Waals surface area contributed by atoms with Gasteiger partial charge in [-0.1, -0.05) is 6.92 Å². The summed E-state index contributed by atoms with van der Waals surface area (Å²) in [6.07, 6.45) is 0.198. The number of carbonyl (C=O) groups excluding carboxylic acids is 1. The molecule has 1 heterocycles. The van der Waals surface area contributed by atoms with Gasteiger partial charge in [0.2, 0.25) is 0 Å². The standard InChI is InChI=1S/C7H12O3S/c1-5-4-11(9,10)6(2)3-7(5)8/h5-6H,3-4H2,1-2H3/t5-,6-/m0/s1. The highest BCUT2D eigenvalue weighted by Crippen LogP contribution is 2.20. The minimum Gasteiger partial charge on any atom is -0.299 e.